The number of aliphatic hydroxyl groups is 1. The van der Waals surface area contributed by atoms with Crippen molar-refractivity contribution in [2.45, 2.75) is 86.8 Å². The first-order chi connectivity index (χ1) is 13.0. The van der Waals surface area contributed by atoms with Gasteiger partial charge in [-0.1, -0.05) is 32.6 Å². The fourth-order valence-corrected chi connectivity index (χ4v) is 2.13. The molecule has 16 heteroatoms. The van der Waals surface area contributed by atoms with E-state index in [0.29, 0.717) is 6.42 Å². The maximum Gasteiger partial charge on any atom is 0.460 e. The highest BCUT2D eigenvalue weighted by atomic mass is 19.4. The maximum absolute atomic E-state index is 13.6. The number of alkyl halides is 15. The highest BCUT2D eigenvalue weighted by molar-refractivity contribution is 5.13. The number of halogens is 15. The lowest BCUT2D eigenvalue weighted by Gasteiger charge is -2.42. The number of aliphatic hydroxyl groups excluding tert-OH is 1. The molecule has 0 radical (unpaired) electrons. The van der Waals surface area contributed by atoms with E-state index in [1.54, 1.807) is 6.92 Å². The van der Waals surface area contributed by atoms with Crippen molar-refractivity contribution >= 4 is 0 Å². The van der Waals surface area contributed by atoms with Crippen LogP contribution < -0.4 is 0 Å². The molecule has 0 aliphatic heterocycles. The Balaban J connectivity index is 6.16. The van der Waals surface area contributed by atoms with Gasteiger partial charge in [0.05, 0.1) is 0 Å². The second-order valence-corrected chi connectivity index (χ2v) is 6.36. The van der Waals surface area contributed by atoms with Gasteiger partial charge < -0.3 is 5.11 Å². The molecule has 182 valence electrons. The van der Waals surface area contributed by atoms with Crippen molar-refractivity contribution in [2.24, 2.45) is 0 Å². The lowest BCUT2D eigenvalue weighted by Crippen LogP contribution is -2.73. The number of rotatable bonds is 11. The Morgan fingerprint density at radius 3 is 1.27 bits per heavy atom. The van der Waals surface area contributed by atoms with Crippen molar-refractivity contribution in [3.8, 4) is 0 Å². The van der Waals surface area contributed by atoms with Crippen molar-refractivity contribution in [3.05, 3.63) is 0 Å². The van der Waals surface area contributed by atoms with E-state index in [0.717, 1.165) is 0 Å². The average molecular weight is 484 g/mol. The number of hydrogen-bond acceptors (Lipinski definition) is 1. The summed E-state index contributed by atoms with van der Waals surface area (Å²) in [5.41, 5.74) is 0. The summed E-state index contributed by atoms with van der Waals surface area (Å²) in [5, 5.41) is 9.01. The third kappa shape index (κ3) is 4.29. The second-order valence-electron chi connectivity index (χ2n) is 6.36. The van der Waals surface area contributed by atoms with Crippen molar-refractivity contribution < 1.29 is 71.0 Å². The minimum Gasteiger partial charge on any atom is -0.387 e. The summed E-state index contributed by atoms with van der Waals surface area (Å²) < 4.78 is 195. The van der Waals surface area contributed by atoms with E-state index < -0.39 is 60.7 Å². The van der Waals surface area contributed by atoms with E-state index in [4.69, 9.17) is 5.11 Å². The summed E-state index contributed by atoms with van der Waals surface area (Å²) in [6.45, 7) is 1.58. The first kappa shape index (κ1) is 28.9. The molecule has 0 aromatic heterocycles. The Kier molecular flexibility index (Phi) is 8.14. The Morgan fingerprint density at radius 2 is 0.900 bits per heavy atom. The fourth-order valence-electron chi connectivity index (χ4n) is 2.13. The quantitative estimate of drug-likeness (QED) is 0.256. The van der Waals surface area contributed by atoms with Gasteiger partial charge in [-0.3, -0.25) is 0 Å². The van der Waals surface area contributed by atoms with Crippen LogP contribution >= 0.6 is 0 Å². The molecule has 0 saturated carbocycles. The van der Waals surface area contributed by atoms with Crippen LogP contribution in [0.1, 0.15) is 39.0 Å². The largest absolute Gasteiger partial charge is 0.460 e. The molecule has 0 heterocycles. The van der Waals surface area contributed by atoms with Crippen LogP contribution in [-0.4, -0.2) is 52.9 Å². The SMILES string of the molecule is CCCCCCC(O)C(F)(F)C(F)(F)C(F)(F)C(F)(F)C(F)(F)C(F)(F)C(F)(F)F. The van der Waals surface area contributed by atoms with Gasteiger partial charge in [-0.15, -0.1) is 0 Å². The van der Waals surface area contributed by atoms with Crippen LogP contribution in [0.2, 0.25) is 0 Å². The molecule has 0 spiro atoms. The standard InChI is InChI=1S/C14H15F15O/c1-2-3-4-5-6-7(30)8(15,16)9(17,18)10(19,20)11(21,22)12(23,24)13(25,26)14(27,28)29/h7,30H,2-6H2,1H3. The molecule has 0 bridgehead atoms. The summed E-state index contributed by atoms with van der Waals surface area (Å²) >= 11 is 0. The zero-order chi connectivity index (χ0) is 24.6. The Labute approximate surface area is 159 Å². The summed E-state index contributed by atoms with van der Waals surface area (Å²) in [7, 11) is 0. The molecular formula is C14H15F15O. The molecule has 1 atom stereocenters. The highest BCUT2D eigenvalue weighted by Crippen LogP contribution is 2.62. The van der Waals surface area contributed by atoms with Gasteiger partial charge >= 0.3 is 41.7 Å². The Morgan fingerprint density at radius 1 is 0.533 bits per heavy atom. The molecule has 1 N–H and O–H groups in total. The highest BCUT2D eigenvalue weighted by Gasteiger charge is 2.93. The van der Waals surface area contributed by atoms with Crippen molar-refractivity contribution in [1.82, 2.24) is 0 Å². The van der Waals surface area contributed by atoms with E-state index in [2.05, 4.69) is 0 Å². The Bertz CT molecular complexity index is 566. The number of unbranched alkanes of at least 4 members (excludes halogenated alkanes) is 3. The van der Waals surface area contributed by atoms with Gasteiger partial charge in [0.15, 0.2) is 0 Å². The van der Waals surface area contributed by atoms with Crippen molar-refractivity contribution in [2.75, 3.05) is 0 Å². The summed E-state index contributed by atoms with van der Waals surface area (Å²) in [6, 6.07) is 0. The lowest BCUT2D eigenvalue weighted by molar-refractivity contribution is -0.455. The summed E-state index contributed by atoms with van der Waals surface area (Å²) in [4.78, 5) is 0. The average Bonchev–Trinajstić information content (AvgIpc) is 2.56. The van der Waals surface area contributed by atoms with E-state index in [-0.39, 0.29) is 12.8 Å². The maximum atomic E-state index is 13.6. The number of hydrogen-bond donors (Lipinski definition) is 1. The third-order valence-electron chi connectivity index (χ3n) is 4.10. The topological polar surface area (TPSA) is 20.2 Å². The molecular weight excluding hydrogens is 469 g/mol. The lowest BCUT2D eigenvalue weighted by atomic mass is 9.88. The monoisotopic (exact) mass is 484 g/mol. The van der Waals surface area contributed by atoms with E-state index >= 15 is 0 Å². The van der Waals surface area contributed by atoms with Crippen LogP contribution in [0.4, 0.5) is 65.9 Å². The normalized spacial score (nSPS) is 16.7. The second kappa shape index (κ2) is 8.45. The molecule has 0 aliphatic rings. The van der Waals surface area contributed by atoms with Crippen LogP contribution in [0.15, 0.2) is 0 Å². The smallest absolute Gasteiger partial charge is 0.387 e. The van der Waals surface area contributed by atoms with Gasteiger partial charge in [-0.2, -0.15) is 65.9 Å². The third-order valence-corrected chi connectivity index (χ3v) is 4.10. The molecule has 0 saturated heterocycles. The predicted octanol–water partition coefficient (Wildman–Crippen LogP) is 6.69. The van der Waals surface area contributed by atoms with Gasteiger partial charge in [-0.25, -0.2) is 0 Å². The Hall–Kier alpha value is -1.09. The summed E-state index contributed by atoms with van der Waals surface area (Å²) in [6.07, 6.45) is -12.7. The van der Waals surface area contributed by atoms with E-state index in [9.17, 15) is 65.9 Å². The van der Waals surface area contributed by atoms with Crippen LogP contribution in [-0.2, 0) is 0 Å². The van der Waals surface area contributed by atoms with Gasteiger partial charge in [0, 0.05) is 0 Å². The van der Waals surface area contributed by atoms with Gasteiger partial charge in [0.25, 0.3) is 0 Å². The molecule has 30 heavy (non-hydrogen) atoms. The first-order valence-corrected chi connectivity index (χ1v) is 8.00. The molecule has 0 rings (SSSR count). The zero-order valence-corrected chi connectivity index (χ0v) is 14.7. The summed E-state index contributed by atoms with van der Waals surface area (Å²) in [5.74, 6) is -47.0. The van der Waals surface area contributed by atoms with Crippen LogP contribution in [0.5, 0.6) is 0 Å². The molecule has 0 fully saturated rings. The first-order valence-electron chi connectivity index (χ1n) is 8.00. The molecule has 0 aliphatic carbocycles. The van der Waals surface area contributed by atoms with Gasteiger partial charge in [-0.05, 0) is 6.42 Å². The molecule has 0 amide bonds. The zero-order valence-electron chi connectivity index (χ0n) is 14.7. The van der Waals surface area contributed by atoms with Gasteiger partial charge in [0.1, 0.15) is 6.10 Å². The fraction of sp³-hybridized carbons (Fsp3) is 1.00. The van der Waals surface area contributed by atoms with Gasteiger partial charge in [0.2, 0.25) is 0 Å². The van der Waals surface area contributed by atoms with E-state index in [1.807, 2.05) is 0 Å². The molecule has 0 aromatic rings. The van der Waals surface area contributed by atoms with E-state index in [1.165, 1.54) is 0 Å². The molecule has 0 aromatic carbocycles. The molecule has 1 nitrogen and oxygen atoms in total. The molecule has 1 unspecified atom stereocenters. The minimum absolute atomic E-state index is 0.0301. The van der Waals surface area contributed by atoms with Crippen molar-refractivity contribution in [3.63, 3.8) is 0 Å². The van der Waals surface area contributed by atoms with Crippen molar-refractivity contribution in [1.29, 1.82) is 0 Å². The van der Waals surface area contributed by atoms with Crippen LogP contribution in [0.3, 0.4) is 0 Å². The minimum atomic E-state index is -8.33. The predicted molar refractivity (Wildman–Crippen MR) is 70.5 cm³/mol. The van der Waals surface area contributed by atoms with Crippen LogP contribution in [0.25, 0.3) is 0 Å². The van der Waals surface area contributed by atoms with Crippen LogP contribution in [0, 0.1) is 0 Å².